The predicted molar refractivity (Wildman–Crippen MR) is 113 cm³/mol. The van der Waals surface area contributed by atoms with Gasteiger partial charge < -0.3 is 15.5 Å². The number of rotatable bonds is 5. The first-order chi connectivity index (χ1) is 14.2. The Kier molecular flexibility index (Phi) is 6.50. The van der Waals surface area contributed by atoms with E-state index < -0.39 is 0 Å². The lowest BCUT2D eigenvalue weighted by Gasteiger charge is -2.34. The first-order valence-electron chi connectivity index (χ1n) is 11.2. The van der Waals surface area contributed by atoms with E-state index in [4.69, 9.17) is 5.73 Å². The maximum absolute atomic E-state index is 12.9. The van der Waals surface area contributed by atoms with Crippen LogP contribution in [0.1, 0.15) is 37.2 Å². The van der Waals surface area contributed by atoms with Crippen molar-refractivity contribution in [2.45, 2.75) is 31.6 Å². The molecular weight excluding hydrogens is 364 g/mol. The molecule has 0 radical (unpaired) electrons. The van der Waals surface area contributed by atoms with Crippen molar-refractivity contribution in [3.05, 3.63) is 35.9 Å². The Bertz CT molecular complexity index is 696. The molecule has 3 aliphatic heterocycles. The molecule has 0 bridgehead atoms. The van der Waals surface area contributed by atoms with Gasteiger partial charge in [0.1, 0.15) is 0 Å². The van der Waals surface area contributed by atoms with Gasteiger partial charge in [-0.1, -0.05) is 30.3 Å². The molecule has 2 N–H and O–H groups in total. The summed E-state index contributed by atoms with van der Waals surface area (Å²) in [6.07, 6.45) is 3.87. The van der Waals surface area contributed by atoms with E-state index in [1.165, 1.54) is 5.56 Å². The van der Waals surface area contributed by atoms with Crippen LogP contribution in [0.2, 0.25) is 0 Å². The summed E-state index contributed by atoms with van der Waals surface area (Å²) in [7, 11) is 0. The third kappa shape index (κ3) is 4.64. The highest BCUT2D eigenvalue weighted by Crippen LogP contribution is 2.32. The van der Waals surface area contributed by atoms with Crippen LogP contribution in [0.4, 0.5) is 0 Å². The third-order valence-electron chi connectivity index (χ3n) is 7.02. The molecule has 0 aliphatic carbocycles. The summed E-state index contributed by atoms with van der Waals surface area (Å²) in [4.78, 5) is 31.7. The number of carbonyl (C=O) groups is 2. The topological polar surface area (TPSA) is 69.9 Å². The van der Waals surface area contributed by atoms with Gasteiger partial charge in [-0.2, -0.15) is 0 Å². The largest absolute Gasteiger partial charge is 0.342 e. The highest BCUT2D eigenvalue weighted by Gasteiger charge is 2.35. The average Bonchev–Trinajstić information content (AvgIpc) is 3.44. The molecule has 4 rings (SSSR count). The Hall–Kier alpha value is -1.92. The van der Waals surface area contributed by atoms with Crippen LogP contribution in [-0.2, 0) is 9.59 Å². The number of piperidine rings is 1. The predicted octanol–water partition coefficient (Wildman–Crippen LogP) is 1.52. The number of hydrogen-bond donors (Lipinski definition) is 1. The number of likely N-dealkylation sites (tertiary alicyclic amines) is 3. The fourth-order valence-corrected chi connectivity index (χ4v) is 5.27. The van der Waals surface area contributed by atoms with Crippen LogP contribution in [0.25, 0.3) is 0 Å². The number of carbonyl (C=O) groups excluding carboxylic acids is 2. The zero-order chi connectivity index (χ0) is 20.2. The van der Waals surface area contributed by atoms with Gasteiger partial charge in [-0.25, -0.2) is 0 Å². The number of benzene rings is 1. The normalized spacial score (nSPS) is 26.2. The zero-order valence-corrected chi connectivity index (χ0v) is 17.3. The maximum Gasteiger partial charge on any atom is 0.236 e. The van der Waals surface area contributed by atoms with E-state index in [1.54, 1.807) is 0 Å². The second kappa shape index (κ2) is 9.26. The van der Waals surface area contributed by atoms with Gasteiger partial charge in [0.25, 0.3) is 0 Å². The lowest BCUT2D eigenvalue weighted by atomic mass is 9.89. The van der Waals surface area contributed by atoms with Crippen molar-refractivity contribution < 1.29 is 9.59 Å². The second-order valence-electron chi connectivity index (χ2n) is 8.89. The van der Waals surface area contributed by atoms with Crippen LogP contribution < -0.4 is 5.73 Å². The summed E-state index contributed by atoms with van der Waals surface area (Å²) in [5, 5.41) is 0. The summed E-state index contributed by atoms with van der Waals surface area (Å²) in [5.41, 5.74) is 7.35. The molecule has 2 atom stereocenters. The Balaban J connectivity index is 1.27. The van der Waals surface area contributed by atoms with Crippen molar-refractivity contribution in [1.82, 2.24) is 14.7 Å². The van der Waals surface area contributed by atoms with Crippen LogP contribution in [0.15, 0.2) is 30.3 Å². The van der Waals surface area contributed by atoms with Crippen LogP contribution in [0.5, 0.6) is 0 Å². The van der Waals surface area contributed by atoms with Crippen molar-refractivity contribution in [1.29, 1.82) is 0 Å². The maximum atomic E-state index is 12.9. The summed E-state index contributed by atoms with van der Waals surface area (Å²) in [6.45, 7) is 6.13. The number of amides is 2. The van der Waals surface area contributed by atoms with E-state index in [-0.39, 0.29) is 11.8 Å². The van der Waals surface area contributed by atoms with Crippen molar-refractivity contribution >= 4 is 11.8 Å². The SMILES string of the molecule is NC[C@@H]1CN(CC(=O)N2CCC(C(=O)N3CCCC3)CC2)C[C@H]1c1ccccc1. The zero-order valence-electron chi connectivity index (χ0n) is 17.3. The molecule has 158 valence electrons. The summed E-state index contributed by atoms with van der Waals surface area (Å²) >= 11 is 0. The van der Waals surface area contributed by atoms with Crippen molar-refractivity contribution in [3.8, 4) is 0 Å². The monoisotopic (exact) mass is 398 g/mol. The van der Waals surface area contributed by atoms with Crippen molar-refractivity contribution in [3.63, 3.8) is 0 Å². The quantitative estimate of drug-likeness (QED) is 0.817. The molecule has 6 nitrogen and oxygen atoms in total. The summed E-state index contributed by atoms with van der Waals surface area (Å²) in [6, 6.07) is 10.5. The lowest BCUT2D eigenvalue weighted by Crippen LogP contribution is -2.46. The van der Waals surface area contributed by atoms with Crippen LogP contribution in [0.3, 0.4) is 0 Å². The van der Waals surface area contributed by atoms with E-state index in [0.29, 0.717) is 43.9 Å². The summed E-state index contributed by atoms with van der Waals surface area (Å²) < 4.78 is 0. The second-order valence-corrected chi connectivity index (χ2v) is 8.89. The highest BCUT2D eigenvalue weighted by molar-refractivity contribution is 5.81. The molecule has 0 aromatic heterocycles. The molecule has 1 aromatic carbocycles. The fourth-order valence-electron chi connectivity index (χ4n) is 5.27. The molecule has 29 heavy (non-hydrogen) atoms. The van der Waals surface area contributed by atoms with E-state index in [0.717, 1.165) is 51.9 Å². The van der Waals surface area contributed by atoms with Gasteiger partial charge in [-0.15, -0.1) is 0 Å². The van der Waals surface area contributed by atoms with Gasteiger partial charge in [0.05, 0.1) is 6.54 Å². The highest BCUT2D eigenvalue weighted by atomic mass is 16.2. The molecule has 3 fully saturated rings. The molecule has 3 saturated heterocycles. The number of nitrogens with zero attached hydrogens (tertiary/aromatic N) is 3. The first-order valence-corrected chi connectivity index (χ1v) is 11.2. The van der Waals surface area contributed by atoms with Crippen molar-refractivity contribution in [2.24, 2.45) is 17.6 Å². The minimum absolute atomic E-state index is 0.105. The molecule has 6 heteroatoms. The van der Waals surface area contributed by atoms with E-state index in [2.05, 4.69) is 29.2 Å². The smallest absolute Gasteiger partial charge is 0.236 e. The van der Waals surface area contributed by atoms with Gasteiger partial charge in [-0.3, -0.25) is 14.5 Å². The average molecular weight is 399 g/mol. The minimum Gasteiger partial charge on any atom is -0.342 e. The molecule has 0 saturated carbocycles. The Labute approximate surface area is 174 Å². The molecule has 2 amide bonds. The van der Waals surface area contributed by atoms with Gasteiger partial charge in [-0.05, 0) is 43.7 Å². The van der Waals surface area contributed by atoms with Gasteiger partial charge in [0.15, 0.2) is 0 Å². The van der Waals surface area contributed by atoms with E-state index >= 15 is 0 Å². The number of hydrogen-bond acceptors (Lipinski definition) is 4. The van der Waals surface area contributed by atoms with Crippen LogP contribution >= 0.6 is 0 Å². The minimum atomic E-state index is 0.105. The first kappa shape index (κ1) is 20.4. The van der Waals surface area contributed by atoms with Crippen molar-refractivity contribution in [2.75, 3.05) is 52.4 Å². The van der Waals surface area contributed by atoms with E-state index in [1.807, 2.05) is 15.9 Å². The van der Waals surface area contributed by atoms with Gasteiger partial charge in [0.2, 0.25) is 11.8 Å². The lowest BCUT2D eigenvalue weighted by molar-refractivity contribution is -0.140. The molecule has 0 unspecified atom stereocenters. The fraction of sp³-hybridized carbons (Fsp3) is 0.652. The van der Waals surface area contributed by atoms with Gasteiger partial charge in [0, 0.05) is 51.1 Å². The molecule has 3 heterocycles. The Morgan fingerprint density at radius 3 is 2.28 bits per heavy atom. The van der Waals surface area contributed by atoms with Crippen LogP contribution in [-0.4, -0.2) is 78.9 Å². The molecule has 0 spiro atoms. The molecule has 1 aromatic rings. The standard InChI is InChI=1S/C23H34N4O2/c24-14-20-15-25(16-21(20)18-6-2-1-3-7-18)17-22(28)26-12-8-19(9-13-26)23(29)27-10-4-5-11-27/h1-3,6-7,19-21H,4-5,8-17,24H2/t20-,21+/m1/s1. The Morgan fingerprint density at radius 2 is 1.62 bits per heavy atom. The van der Waals surface area contributed by atoms with Gasteiger partial charge >= 0.3 is 0 Å². The van der Waals surface area contributed by atoms with E-state index in [9.17, 15) is 9.59 Å². The van der Waals surface area contributed by atoms with Crippen LogP contribution in [0, 0.1) is 11.8 Å². The molecular formula is C23H34N4O2. The molecule has 3 aliphatic rings. The third-order valence-corrected chi connectivity index (χ3v) is 7.02. The Morgan fingerprint density at radius 1 is 0.931 bits per heavy atom. The summed E-state index contributed by atoms with van der Waals surface area (Å²) in [5.74, 6) is 1.41. The number of nitrogens with two attached hydrogens (primary N) is 1.